The van der Waals surface area contributed by atoms with E-state index in [9.17, 15) is 18.0 Å². The zero-order valence-electron chi connectivity index (χ0n) is 20.0. The second-order valence-electron chi connectivity index (χ2n) is 8.82. The Balaban J connectivity index is 0.000000405. The van der Waals surface area contributed by atoms with Gasteiger partial charge in [-0.15, -0.1) is 0 Å². The monoisotopic (exact) mass is 512 g/mol. The maximum atomic E-state index is 12.7. The highest BCUT2D eigenvalue weighted by Gasteiger charge is 2.38. The van der Waals surface area contributed by atoms with Crippen LogP contribution in [0.3, 0.4) is 0 Å². The maximum absolute atomic E-state index is 12.7. The van der Waals surface area contributed by atoms with Gasteiger partial charge in [0.1, 0.15) is 0 Å². The number of aliphatic carboxylic acids is 1. The van der Waals surface area contributed by atoms with Crippen LogP contribution in [0.25, 0.3) is 0 Å². The molecule has 2 heterocycles. The Kier molecular flexibility index (Phi) is 7.95. The molecule has 0 bridgehead atoms. The molecule has 1 aliphatic carbocycles. The number of nitrogens with one attached hydrogen (secondary N) is 1. The van der Waals surface area contributed by atoms with E-state index in [-0.39, 0.29) is 5.91 Å². The summed E-state index contributed by atoms with van der Waals surface area (Å²) in [6.07, 6.45) is 2.08. The lowest BCUT2D eigenvalue weighted by Gasteiger charge is -2.37. The first-order valence-electron chi connectivity index (χ1n) is 11.9. The van der Waals surface area contributed by atoms with Crippen LogP contribution in [-0.2, 0) is 17.6 Å². The zero-order valence-corrected chi connectivity index (χ0v) is 20.0. The molecular formula is C27H27F3N4O3. The number of halogens is 3. The predicted molar refractivity (Wildman–Crippen MR) is 135 cm³/mol. The molecule has 1 aromatic heterocycles. The molecule has 0 radical (unpaired) electrons. The summed E-state index contributed by atoms with van der Waals surface area (Å²) in [6, 6.07) is 18.4. The number of piperazine rings is 1. The molecular weight excluding hydrogens is 485 g/mol. The van der Waals surface area contributed by atoms with Crippen molar-refractivity contribution in [3.8, 4) is 0 Å². The number of rotatable bonds is 4. The van der Waals surface area contributed by atoms with Crippen LogP contribution in [0.1, 0.15) is 27.9 Å². The van der Waals surface area contributed by atoms with Crippen LogP contribution >= 0.6 is 0 Å². The van der Waals surface area contributed by atoms with E-state index in [0.717, 1.165) is 44.7 Å². The Hall–Kier alpha value is -4.08. The van der Waals surface area contributed by atoms with Crippen molar-refractivity contribution in [2.45, 2.75) is 25.4 Å². The van der Waals surface area contributed by atoms with Gasteiger partial charge in [0, 0.05) is 61.2 Å². The van der Waals surface area contributed by atoms with Gasteiger partial charge in [-0.1, -0.05) is 6.07 Å². The van der Waals surface area contributed by atoms with Crippen molar-refractivity contribution in [1.82, 2.24) is 4.98 Å². The zero-order chi connectivity index (χ0) is 26.4. The normalized spacial score (nSPS) is 14.9. The van der Waals surface area contributed by atoms with Crippen LogP contribution in [0.15, 0.2) is 67.0 Å². The molecule has 7 nitrogen and oxygen atoms in total. The first-order chi connectivity index (χ1) is 17.7. The van der Waals surface area contributed by atoms with Crippen molar-refractivity contribution in [3.05, 3.63) is 83.7 Å². The van der Waals surface area contributed by atoms with Crippen LogP contribution in [-0.4, -0.2) is 54.3 Å². The van der Waals surface area contributed by atoms with Crippen LogP contribution in [0, 0.1) is 0 Å². The van der Waals surface area contributed by atoms with Gasteiger partial charge in [0.2, 0.25) is 0 Å². The lowest BCUT2D eigenvalue weighted by molar-refractivity contribution is -0.192. The minimum absolute atomic E-state index is 0.0537. The summed E-state index contributed by atoms with van der Waals surface area (Å²) in [5.74, 6) is -2.81. The number of amides is 1. The highest BCUT2D eigenvalue weighted by Crippen LogP contribution is 2.26. The van der Waals surface area contributed by atoms with E-state index in [1.54, 1.807) is 0 Å². The van der Waals surface area contributed by atoms with Gasteiger partial charge < -0.3 is 20.2 Å². The number of benzene rings is 2. The quantitative estimate of drug-likeness (QED) is 0.523. The fraction of sp³-hybridized carbons (Fsp3) is 0.296. The van der Waals surface area contributed by atoms with Gasteiger partial charge in [0.15, 0.2) is 0 Å². The molecule has 0 saturated carbocycles. The van der Waals surface area contributed by atoms with E-state index in [0.29, 0.717) is 5.56 Å². The number of pyridine rings is 1. The van der Waals surface area contributed by atoms with Crippen LogP contribution in [0.2, 0.25) is 0 Å². The summed E-state index contributed by atoms with van der Waals surface area (Å²) >= 11 is 0. The number of anilines is 3. The number of carbonyl (C=O) groups excluding carboxylic acids is 1. The smallest absolute Gasteiger partial charge is 0.475 e. The number of nitrogens with zero attached hydrogens (tertiary/aromatic N) is 3. The van der Waals surface area contributed by atoms with Crippen molar-refractivity contribution in [2.24, 2.45) is 0 Å². The SMILES string of the molecule is O=C(Nc1ccc2c(c1)CCC2)c1ccc(N2CCN(c3ccncc3)CC2)cc1.O=C(O)C(F)(F)F. The molecule has 1 amide bonds. The highest BCUT2D eigenvalue weighted by molar-refractivity contribution is 6.04. The first-order valence-corrected chi connectivity index (χ1v) is 11.9. The molecule has 2 aliphatic rings. The molecule has 37 heavy (non-hydrogen) atoms. The molecule has 5 rings (SSSR count). The van der Waals surface area contributed by atoms with Gasteiger partial charge in [-0.25, -0.2) is 4.79 Å². The third-order valence-electron chi connectivity index (χ3n) is 6.40. The van der Waals surface area contributed by atoms with Crippen LogP contribution in [0.5, 0.6) is 0 Å². The number of fused-ring (bicyclic) bond motifs is 1. The molecule has 2 N–H and O–H groups in total. The van der Waals surface area contributed by atoms with Crippen molar-refractivity contribution < 1.29 is 27.9 Å². The Morgan fingerprint density at radius 3 is 1.92 bits per heavy atom. The molecule has 3 aromatic rings. The van der Waals surface area contributed by atoms with E-state index in [1.165, 1.54) is 28.9 Å². The number of hydrogen-bond acceptors (Lipinski definition) is 5. The third-order valence-corrected chi connectivity index (χ3v) is 6.40. The van der Waals surface area contributed by atoms with Gasteiger partial charge in [0.05, 0.1) is 0 Å². The Morgan fingerprint density at radius 1 is 0.811 bits per heavy atom. The molecule has 1 saturated heterocycles. The van der Waals surface area contributed by atoms with Crippen molar-refractivity contribution in [3.63, 3.8) is 0 Å². The third kappa shape index (κ3) is 6.78. The van der Waals surface area contributed by atoms with Crippen molar-refractivity contribution in [2.75, 3.05) is 41.3 Å². The predicted octanol–water partition coefficient (Wildman–Crippen LogP) is 4.78. The number of alkyl halides is 3. The lowest BCUT2D eigenvalue weighted by atomic mass is 10.1. The summed E-state index contributed by atoms with van der Waals surface area (Å²) in [4.78, 5) is 30.4. The molecule has 194 valence electrons. The van der Waals surface area contributed by atoms with Gasteiger partial charge in [-0.2, -0.15) is 13.2 Å². The number of carbonyl (C=O) groups is 2. The highest BCUT2D eigenvalue weighted by atomic mass is 19.4. The van der Waals surface area contributed by atoms with Crippen LogP contribution in [0.4, 0.5) is 30.2 Å². The lowest BCUT2D eigenvalue weighted by Crippen LogP contribution is -2.46. The van der Waals surface area contributed by atoms with Gasteiger partial charge >= 0.3 is 12.1 Å². The maximum Gasteiger partial charge on any atom is 0.490 e. The number of hydrogen-bond donors (Lipinski definition) is 2. The van der Waals surface area contributed by atoms with Gasteiger partial charge in [-0.05, 0) is 78.9 Å². The number of carboxylic acids is 1. The fourth-order valence-corrected chi connectivity index (χ4v) is 4.45. The minimum atomic E-state index is -5.08. The Bertz CT molecular complexity index is 1230. The van der Waals surface area contributed by atoms with E-state index < -0.39 is 12.1 Å². The average Bonchev–Trinajstić information content (AvgIpc) is 3.37. The number of carboxylic acid groups (broad SMARTS) is 1. The fourth-order valence-electron chi connectivity index (χ4n) is 4.45. The topological polar surface area (TPSA) is 85.8 Å². The minimum Gasteiger partial charge on any atom is -0.475 e. The van der Waals surface area contributed by atoms with Gasteiger partial charge in [0.25, 0.3) is 5.91 Å². The number of aromatic nitrogens is 1. The second-order valence-corrected chi connectivity index (χ2v) is 8.82. The molecule has 0 spiro atoms. The Morgan fingerprint density at radius 2 is 1.35 bits per heavy atom. The van der Waals surface area contributed by atoms with Gasteiger partial charge in [-0.3, -0.25) is 9.78 Å². The van der Waals surface area contributed by atoms with Crippen LogP contribution < -0.4 is 15.1 Å². The molecule has 10 heteroatoms. The molecule has 1 aliphatic heterocycles. The van der Waals surface area contributed by atoms with E-state index >= 15 is 0 Å². The summed E-state index contributed by atoms with van der Waals surface area (Å²) in [5.41, 5.74) is 6.75. The number of aryl methyl sites for hydroxylation is 2. The van der Waals surface area contributed by atoms with E-state index in [4.69, 9.17) is 9.90 Å². The van der Waals surface area contributed by atoms with Crippen molar-refractivity contribution >= 4 is 28.9 Å². The molecule has 2 aromatic carbocycles. The average molecular weight is 513 g/mol. The summed E-state index contributed by atoms with van der Waals surface area (Å²) in [5, 5.41) is 10.2. The first kappa shape index (κ1) is 26.0. The second kappa shape index (κ2) is 11.3. The largest absolute Gasteiger partial charge is 0.490 e. The van der Waals surface area contributed by atoms with Crippen molar-refractivity contribution in [1.29, 1.82) is 0 Å². The summed E-state index contributed by atoms with van der Waals surface area (Å²) in [6.45, 7) is 3.88. The Labute approximate surface area is 212 Å². The molecule has 0 unspecified atom stereocenters. The molecule has 0 atom stereocenters. The summed E-state index contributed by atoms with van der Waals surface area (Å²) < 4.78 is 31.7. The standard InChI is InChI=1S/C25H26N4O.C2HF3O2/c30-25(27-22-7-4-19-2-1-3-21(19)18-22)20-5-8-23(9-6-20)28-14-16-29(17-15-28)24-10-12-26-13-11-24;3-2(4,5)1(6)7/h4-13,18H,1-3,14-17H2,(H,27,30);(H,6,7). The summed E-state index contributed by atoms with van der Waals surface area (Å²) in [7, 11) is 0. The van der Waals surface area contributed by atoms with E-state index in [2.05, 4.69) is 56.5 Å². The molecule has 1 fully saturated rings. The van der Waals surface area contributed by atoms with E-state index in [1.807, 2.05) is 30.6 Å².